The molecule has 1 heterocycles. The van der Waals surface area contributed by atoms with Gasteiger partial charge in [-0.3, -0.25) is 9.59 Å². The van der Waals surface area contributed by atoms with Crippen molar-refractivity contribution in [2.24, 2.45) is 5.92 Å². The number of hydrogen-bond acceptors (Lipinski definition) is 3. The third-order valence-electron chi connectivity index (χ3n) is 5.07. The van der Waals surface area contributed by atoms with Gasteiger partial charge < -0.3 is 10.6 Å². The van der Waals surface area contributed by atoms with Gasteiger partial charge in [0.2, 0.25) is 5.91 Å². The number of benzene rings is 2. The molecule has 4 rings (SSSR count). The van der Waals surface area contributed by atoms with Crippen LogP contribution in [0.4, 0.5) is 11.4 Å². The minimum Gasteiger partial charge on any atom is -0.326 e. The summed E-state index contributed by atoms with van der Waals surface area (Å²) in [4.78, 5) is 29.6. The summed E-state index contributed by atoms with van der Waals surface area (Å²) in [6.07, 6.45) is 1.50. The highest BCUT2D eigenvalue weighted by Crippen LogP contribution is 2.65. The summed E-state index contributed by atoms with van der Waals surface area (Å²) >= 11 is 37.1. The maximum Gasteiger partial charge on any atom is 0.257 e. The summed E-state index contributed by atoms with van der Waals surface area (Å²) in [7, 11) is 0. The van der Waals surface area contributed by atoms with Crippen LogP contribution in [0.15, 0.2) is 54.7 Å². The van der Waals surface area contributed by atoms with Crippen LogP contribution in [0.3, 0.4) is 0 Å². The van der Waals surface area contributed by atoms with Crippen LogP contribution in [-0.2, 0) is 4.79 Å². The number of nitrogens with one attached hydrogen (secondary N) is 2. The molecule has 1 aliphatic rings. The van der Waals surface area contributed by atoms with Crippen molar-refractivity contribution in [3.05, 3.63) is 86.1 Å². The predicted octanol–water partition coefficient (Wildman–Crippen LogP) is 7.47. The van der Waals surface area contributed by atoms with Crippen LogP contribution in [-0.4, -0.2) is 21.1 Å². The molecule has 2 amide bonds. The molecule has 11 heteroatoms. The lowest BCUT2D eigenvalue weighted by molar-refractivity contribution is -0.117. The van der Waals surface area contributed by atoms with Crippen molar-refractivity contribution < 1.29 is 9.59 Å². The molecule has 2 atom stereocenters. The Kier molecular flexibility index (Phi) is 7.02. The van der Waals surface area contributed by atoms with Crippen molar-refractivity contribution in [2.45, 2.75) is 10.3 Å². The Labute approximate surface area is 219 Å². The predicted molar refractivity (Wildman–Crippen MR) is 134 cm³/mol. The number of hydrogen-bond donors (Lipinski definition) is 2. The zero-order valence-corrected chi connectivity index (χ0v) is 20.9. The first-order valence-corrected chi connectivity index (χ1v) is 11.7. The molecule has 0 aliphatic heterocycles. The minimum atomic E-state index is -1.33. The van der Waals surface area contributed by atoms with Gasteiger partial charge in [-0.05, 0) is 54.1 Å². The second-order valence-corrected chi connectivity index (χ2v) is 10.4. The number of carbonyl (C=O) groups excluding carboxylic acids is 2. The molecule has 33 heavy (non-hydrogen) atoms. The molecular formula is C22H13Cl6N3O2. The topological polar surface area (TPSA) is 71.1 Å². The maximum atomic E-state index is 12.9. The zero-order valence-electron chi connectivity index (χ0n) is 16.4. The molecule has 0 saturated heterocycles. The molecule has 170 valence electrons. The van der Waals surface area contributed by atoms with Gasteiger partial charge in [0, 0.05) is 27.8 Å². The number of alkyl halides is 2. The normalized spacial score (nSPS) is 18.5. The van der Waals surface area contributed by atoms with Gasteiger partial charge in [-0.25, -0.2) is 4.98 Å². The van der Waals surface area contributed by atoms with E-state index in [4.69, 9.17) is 69.6 Å². The average Bonchev–Trinajstić information content (AvgIpc) is 3.32. The summed E-state index contributed by atoms with van der Waals surface area (Å²) in [5, 5.41) is 6.52. The van der Waals surface area contributed by atoms with Gasteiger partial charge in [-0.2, -0.15) is 0 Å². The smallest absolute Gasteiger partial charge is 0.257 e. The Morgan fingerprint density at radius 3 is 2.27 bits per heavy atom. The number of rotatable bonds is 5. The molecule has 5 nitrogen and oxygen atoms in total. The molecule has 3 aromatic rings. The van der Waals surface area contributed by atoms with E-state index in [1.165, 1.54) is 18.3 Å². The van der Waals surface area contributed by atoms with E-state index in [1.54, 1.807) is 36.4 Å². The summed E-state index contributed by atoms with van der Waals surface area (Å²) in [5.74, 6) is -2.20. The number of pyridine rings is 1. The van der Waals surface area contributed by atoms with E-state index in [1.807, 2.05) is 0 Å². The first-order chi connectivity index (χ1) is 15.6. The molecule has 0 spiro atoms. The van der Waals surface area contributed by atoms with Crippen LogP contribution in [0, 0.1) is 5.92 Å². The molecule has 1 aromatic heterocycles. The molecular weight excluding hydrogens is 551 g/mol. The van der Waals surface area contributed by atoms with Gasteiger partial charge in [-0.1, -0.05) is 46.4 Å². The highest BCUT2D eigenvalue weighted by atomic mass is 35.5. The average molecular weight is 564 g/mol. The third-order valence-corrected chi connectivity index (χ3v) is 7.07. The van der Waals surface area contributed by atoms with E-state index in [9.17, 15) is 9.59 Å². The van der Waals surface area contributed by atoms with Gasteiger partial charge in [0.1, 0.15) is 4.33 Å². The van der Waals surface area contributed by atoms with Gasteiger partial charge in [-0.15, -0.1) is 23.2 Å². The lowest BCUT2D eigenvalue weighted by Gasteiger charge is -2.11. The van der Waals surface area contributed by atoms with Crippen molar-refractivity contribution in [1.29, 1.82) is 0 Å². The van der Waals surface area contributed by atoms with E-state index >= 15 is 0 Å². The summed E-state index contributed by atoms with van der Waals surface area (Å²) in [5.41, 5.74) is 1.45. The van der Waals surface area contributed by atoms with Crippen molar-refractivity contribution in [1.82, 2.24) is 4.98 Å². The summed E-state index contributed by atoms with van der Waals surface area (Å²) < 4.78 is -1.33. The highest BCUT2D eigenvalue weighted by molar-refractivity contribution is 6.53. The van der Waals surface area contributed by atoms with Crippen LogP contribution in [0.5, 0.6) is 0 Å². The number of anilines is 2. The Balaban J connectivity index is 1.52. The number of nitrogens with zero attached hydrogens (tertiary/aromatic N) is 1. The highest BCUT2D eigenvalue weighted by Gasteiger charge is 2.67. The second-order valence-electron chi connectivity index (χ2n) is 7.31. The molecule has 1 aliphatic carbocycles. The summed E-state index contributed by atoms with van der Waals surface area (Å²) in [6.45, 7) is 0. The van der Waals surface area contributed by atoms with E-state index in [-0.39, 0.29) is 15.7 Å². The fourth-order valence-corrected chi connectivity index (χ4v) is 5.23. The van der Waals surface area contributed by atoms with Gasteiger partial charge in [0.25, 0.3) is 5.91 Å². The van der Waals surface area contributed by atoms with Crippen molar-refractivity contribution in [2.75, 3.05) is 10.6 Å². The van der Waals surface area contributed by atoms with Crippen LogP contribution in [0.25, 0.3) is 0 Å². The Bertz CT molecular complexity index is 1250. The van der Waals surface area contributed by atoms with Crippen LogP contribution < -0.4 is 10.6 Å². The second kappa shape index (κ2) is 9.49. The molecule has 0 unspecified atom stereocenters. The van der Waals surface area contributed by atoms with Gasteiger partial charge in [0.15, 0.2) is 5.15 Å². The van der Waals surface area contributed by atoms with Crippen molar-refractivity contribution in [3.63, 3.8) is 0 Å². The van der Waals surface area contributed by atoms with Crippen LogP contribution >= 0.6 is 69.6 Å². The van der Waals surface area contributed by atoms with E-state index < -0.39 is 28.0 Å². The number of amides is 2. The maximum absolute atomic E-state index is 12.9. The van der Waals surface area contributed by atoms with E-state index in [0.29, 0.717) is 27.0 Å². The first kappa shape index (κ1) is 24.4. The molecule has 1 fully saturated rings. The largest absolute Gasteiger partial charge is 0.326 e. The minimum absolute atomic E-state index is 0.131. The fraction of sp³-hybridized carbons (Fsp3) is 0.136. The van der Waals surface area contributed by atoms with Gasteiger partial charge in [0.05, 0.1) is 22.2 Å². The zero-order chi connectivity index (χ0) is 23.9. The molecule has 1 saturated carbocycles. The van der Waals surface area contributed by atoms with E-state index in [0.717, 1.165) is 0 Å². The van der Waals surface area contributed by atoms with Crippen LogP contribution in [0.1, 0.15) is 21.8 Å². The van der Waals surface area contributed by atoms with Crippen molar-refractivity contribution in [3.8, 4) is 0 Å². The van der Waals surface area contributed by atoms with E-state index in [2.05, 4.69) is 15.6 Å². The number of carbonyl (C=O) groups is 2. The molecule has 0 radical (unpaired) electrons. The fourth-order valence-electron chi connectivity index (χ4n) is 3.49. The Morgan fingerprint density at radius 2 is 1.61 bits per heavy atom. The SMILES string of the molecule is O=C(Nc1cccnc1Cl)c1cc(NC(=O)[C@H]2[C@H](c3cc(Cl)cc(Cl)c3)C2(Cl)Cl)ccc1Cl. The Hall–Kier alpha value is -1.73. The Morgan fingerprint density at radius 1 is 0.909 bits per heavy atom. The molecule has 0 bridgehead atoms. The lowest BCUT2D eigenvalue weighted by atomic mass is 10.1. The monoisotopic (exact) mass is 561 g/mol. The summed E-state index contributed by atoms with van der Waals surface area (Å²) in [6, 6.07) is 12.6. The van der Waals surface area contributed by atoms with Crippen molar-refractivity contribution >= 4 is 92.8 Å². The lowest BCUT2D eigenvalue weighted by Crippen LogP contribution is -2.18. The van der Waals surface area contributed by atoms with Crippen LogP contribution in [0.2, 0.25) is 20.2 Å². The molecule has 2 aromatic carbocycles. The quantitative estimate of drug-likeness (QED) is 0.250. The first-order valence-electron chi connectivity index (χ1n) is 9.44. The standard InChI is InChI=1S/C22H13Cl6N3O2/c23-11-6-10(7-12(24)8-11)17-18(22(17,27)28)21(33)30-13-3-4-15(25)14(9-13)20(32)31-16-2-1-5-29-19(16)26/h1-9,17-18H,(H,30,33)(H,31,32)/t17-,18+/m0/s1. The van der Waals surface area contributed by atoms with Gasteiger partial charge >= 0.3 is 0 Å². The number of halogens is 6. The third kappa shape index (κ3) is 5.19. The number of aromatic nitrogens is 1. The molecule has 2 N–H and O–H groups in total.